The molecular weight excluding hydrogens is 306 g/mol. The second-order valence-corrected chi connectivity index (χ2v) is 7.13. The third-order valence-electron chi connectivity index (χ3n) is 3.79. The molecule has 1 unspecified atom stereocenters. The molecule has 2 rings (SSSR count). The van der Waals surface area contributed by atoms with Gasteiger partial charge in [0.15, 0.2) is 0 Å². The monoisotopic (exact) mass is 335 g/mol. The summed E-state index contributed by atoms with van der Waals surface area (Å²) < 4.78 is 10.8. The van der Waals surface area contributed by atoms with E-state index < -0.39 is 5.60 Å². The molecule has 1 aromatic heterocycles. The lowest BCUT2D eigenvalue weighted by atomic mass is 9.98. The maximum absolute atomic E-state index is 12.2. The highest BCUT2D eigenvalue weighted by atomic mass is 16.6. The fraction of sp³-hybridized carbons (Fsp3) is 0.667. The van der Waals surface area contributed by atoms with Crippen molar-refractivity contribution in [3.63, 3.8) is 0 Å². The molecule has 1 atom stereocenters. The maximum atomic E-state index is 12.2. The van der Waals surface area contributed by atoms with Crippen molar-refractivity contribution in [2.24, 2.45) is 5.92 Å². The van der Waals surface area contributed by atoms with Gasteiger partial charge in [-0.15, -0.1) is 0 Å². The van der Waals surface area contributed by atoms with E-state index in [9.17, 15) is 4.79 Å². The Bertz CT molecular complexity index is 525. The number of hydrogen-bond donors (Lipinski definition) is 1. The summed E-state index contributed by atoms with van der Waals surface area (Å²) in [5, 5.41) is 3.39. The highest BCUT2D eigenvalue weighted by Gasteiger charge is 2.27. The minimum Gasteiger partial charge on any atom is -0.478 e. The number of hydrogen-bond acceptors (Lipinski definition) is 5. The first-order valence-electron chi connectivity index (χ1n) is 8.68. The van der Waals surface area contributed by atoms with Gasteiger partial charge in [-0.05, 0) is 52.5 Å². The summed E-state index contributed by atoms with van der Waals surface area (Å²) in [5.74, 6) is 1.05. The number of pyridine rings is 1. The molecule has 0 saturated carbocycles. The molecule has 6 nitrogen and oxygen atoms in total. The topological polar surface area (TPSA) is 63.7 Å². The zero-order valence-electron chi connectivity index (χ0n) is 15.2. The largest absolute Gasteiger partial charge is 0.478 e. The number of rotatable bonds is 5. The van der Waals surface area contributed by atoms with E-state index in [0.717, 1.165) is 38.2 Å². The number of ether oxygens (including phenoxy) is 2. The first-order valence-corrected chi connectivity index (χ1v) is 8.68. The predicted molar refractivity (Wildman–Crippen MR) is 94.4 cm³/mol. The van der Waals surface area contributed by atoms with Gasteiger partial charge in [-0.2, -0.15) is 0 Å². The summed E-state index contributed by atoms with van der Waals surface area (Å²) in [6.45, 7) is 10.6. The average molecular weight is 335 g/mol. The minimum atomic E-state index is -0.448. The maximum Gasteiger partial charge on any atom is 0.410 e. The van der Waals surface area contributed by atoms with E-state index in [0.29, 0.717) is 18.4 Å². The molecule has 1 aliphatic rings. The van der Waals surface area contributed by atoms with Crippen LogP contribution in [0.3, 0.4) is 0 Å². The third-order valence-corrected chi connectivity index (χ3v) is 3.79. The summed E-state index contributed by atoms with van der Waals surface area (Å²) >= 11 is 0. The SMILES string of the molecule is CCOc1ccc(NCC2CCCN(C(=O)OC(C)(C)C)C2)cn1. The molecule has 1 N–H and O–H groups in total. The average Bonchev–Trinajstić information content (AvgIpc) is 2.53. The number of nitrogens with one attached hydrogen (secondary N) is 1. The summed E-state index contributed by atoms with van der Waals surface area (Å²) in [7, 11) is 0. The smallest absolute Gasteiger partial charge is 0.410 e. The summed E-state index contributed by atoms with van der Waals surface area (Å²) in [6.07, 6.45) is 3.68. The van der Waals surface area contributed by atoms with Crippen molar-refractivity contribution >= 4 is 11.8 Å². The van der Waals surface area contributed by atoms with Gasteiger partial charge in [-0.1, -0.05) is 0 Å². The van der Waals surface area contributed by atoms with Crippen LogP contribution in [-0.2, 0) is 4.74 Å². The molecule has 1 aliphatic heterocycles. The van der Waals surface area contributed by atoms with E-state index in [2.05, 4.69) is 10.3 Å². The molecule has 0 bridgehead atoms. The Morgan fingerprint density at radius 3 is 2.83 bits per heavy atom. The number of amides is 1. The standard InChI is InChI=1S/C18H29N3O3/c1-5-23-16-9-8-15(12-20-16)19-11-14-7-6-10-21(13-14)17(22)24-18(2,3)4/h8-9,12,14,19H,5-7,10-11,13H2,1-4H3. The van der Waals surface area contributed by atoms with E-state index in [1.807, 2.05) is 44.7 Å². The number of nitrogens with zero attached hydrogens (tertiary/aromatic N) is 2. The van der Waals surface area contributed by atoms with Gasteiger partial charge in [0.2, 0.25) is 5.88 Å². The van der Waals surface area contributed by atoms with Gasteiger partial charge in [-0.25, -0.2) is 9.78 Å². The van der Waals surface area contributed by atoms with Crippen LogP contribution in [0.4, 0.5) is 10.5 Å². The number of aromatic nitrogens is 1. The molecule has 0 aliphatic carbocycles. The number of piperidine rings is 1. The Kier molecular flexibility index (Phi) is 6.29. The van der Waals surface area contributed by atoms with Gasteiger partial charge in [0.25, 0.3) is 0 Å². The third kappa shape index (κ3) is 5.91. The fourth-order valence-electron chi connectivity index (χ4n) is 2.70. The summed E-state index contributed by atoms with van der Waals surface area (Å²) in [4.78, 5) is 18.3. The van der Waals surface area contributed by atoms with E-state index in [1.165, 1.54) is 0 Å². The summed E-state index contributed by atoms with van der Waals surface area (Å²) in [6, 6.07) is 3.83. The molecule has 24 heavy (non-hydrogen) atoms. The fourth-order valence-corrected chi connectivity index (χ4v) is 2.70. The van der Waals surface area contributed by atoms with Crippen molar-refractivity contribution in [1.82, 2.24) is 9.88 Å². The Morgan fingerprint density at radius 2 is 2.21 bits per heavy atom. The van der Waals surface area contributed by atoms with Crippen molar-refractivity contribution in [1.29, 1.82) is 0 Å². The van der Waals surface area contributed by atoms with Crippen LogP contribution in [0.1, 0.15) is 40.5 Å². The Morgan fingerprint density at radius 1 is 1.42 bits per heavy atom. The van der Waals surface area contributed by atoms with Gasteiger partial charge in [0.05, 0.1) is 18.5 Å². The Balaban J connectivity index is 1.81. The first-order chi connectivity index (χ1) is 11.4. The van der Waals surface area contributed by atoms with Crippen LogP contribution in [0.5, 0.6) is 5.88 Å². The van der Waals surface area contributed by atoms with Crippen LogP contribution in [0, 0.1) is 5.92 Å². The number of likely N-dealkylation sites (tertiary alicyclic amines) is 1. The molecule has 2 heterocycles. The molecule has 0 spiro atoms. The van der Waals surface area contributed by atoms with Crippen LogP contribution in [0.2, 0.25) is 0 Å². The van der Waals surface area contributed by atoms with E-state index in [4.69, 9.17) is 9.47 Å². The van der Waals surface area contributed by atoms with Gasteiger partial charge < -0.3 is 19.7 Å². The lowest BCUT2D eigenvalue weighted by Crippen LogP contribution is -2.44. The molecule has 134 valence electrons. The first kappa shape index (κ1) is 18.4. The molecule has 6 heteroatoms. The molecule has 1 saturated heterocycles. The van der Waals surface area contributed by atoms with Gasteiger partial charge in [0, 0.05) is 25.7 Å². The van der Waals surface area contributed by atoms with E-state index in [1.54, 1.807) is 6.20 Å². The quantitative estimate of drug-likeness (QED) is 0.891. The van der Waals surface area contributed by atoms with Gasteiger partial charge in [0.1, 0.15) is 5.60 Å². The van der Waals surface area contributed by atoms with Crippen molar-refractivity contribution in [3.05, 3.63) is 18.3 Å². The van der Waals surface area contributed by atoms with Crippen molar-refractivity contribution < 1.29 is 14.3 Å². The molecule has 0 aromatic carbocycles. The number of anilines is 1. The Hall–Kier alpha value is -1.98. The van der Waals surface area contributed by atoms with Crippen molar-refractivity contribution in [2.75, 3.05) is 31.6 Å². The molecular formula is C18H29N3O3. The van der Waals surface area contributed by atoms with E-state index in [-0.39, 0.29) is 6.09 Å². The molecule has 1 fully saturated rings. The highest BCUT2D eigenvalue weighted by Crippen LogP contribution is 2.20. The second kappa shape index (κ2) is 8.22. The minimum absolute atomic E-state index is 0.213. The van der Waals surface area contributed by atoms with E-state index >= 15 is 0 Å². The lowest BCUT2D eigenvalue weighted by molar-refractivity contribution is 0.0172. The lowest BCUT2D eigenvalue weighted by Gasteiger charge is -2.34. The van der Waals surface area contributed by atoms with Crippen LogP contribution in [-0.4, -0.2) is 47.8 Å². The van der Waals surface area contributed by atoms with Crippen LogP contribution >= 0.6 is 0 Å². The highest BCUT2D eigenvalue weighted by molar-refractivity contribution is 5.68. The molecule has 1 amide bonds. The van der Waals surface area contributed by atoms with Crippen LogP contribution in [0.25, 0.3) is 0 Å². The van der Waals surface area contributed by atoms with Gasteiger partial charge in [-0.3, -0.25) is 0 Å². The second-order valence-electron chi connectivity index (χ2n) is 7.13. The van der Waals surface area contributed by atoms with Crippen LogP contribution < -0.4 is 10.1 Å². The zero-order chi connectivity index (χ0) is 17.6. The zero-order valence-corrected chi connectivity index (χ0v) is 15.2. The Labute approximate surface area is 144 Å². The van der Waals surface area contributed by atoms with Crippen molar-refractivity contribution in [2.45, 2.75) is 46.1 Å². The molecule has 0 radical (unpaired) electrons. The van der Waals surface area contributed by atoms with Crippen molar-refractivity contribution in [3.8, 4) is 5.88 Å². The number of carbonyl (C=O) groups excluding carboxylic acids is 1. The normalized spacial score (nSPS) is 18.2. The molecule has 1 aromatic rings. The van der Waals surface area contributed by atoms with Crippen LogP contribution in [0.15, 0.2) is 18.3 Å². The summed E-state index contributed by atoms with van der Waals surface area (Å²) in [5.41, 5.74) is 0.517. The van der Waals surface area contributed by atoms with Gasteiger partial charge >= 0.3 is 6.09 Å². The number of carbonyl (C=O) groups is 1. The predicted octanol–water partition coefficient (Wildman–Crippen LogP) is 3.54.